The summed E-state index contributed by atoms with van der Waals surface area (Å²) < 4.78 is 0. The van der Waals surface area contributed by atoms with Crippen molar-refractivity contribution in [1.29, 1.82) is 0 Å². The predicted molar refractivity (Wildman–Crippen MR) is 134 cm³/mol. The molecule has 0 heterocycles. The van der Waals surface area contributed by atoms with E-state index in [1.807, 2.05) is 33.8 Å². The van der Waals surface area contributed by atoms with E-state index in [4.69, 9.17) is 0 Å². The Labute approximate surface area is 188 Å². The molecule has 0 aliphatic carbocycles. The number of hydrogen-bond donors (Lipinski definition) is 2. The number of aliphatic hydroxyl groups is 1. The molecule has 0 spiro atoms. The zero-order valence-electron chi connectivity index (χ0n) is 21.3. The van der Waals surface area contributed by atoms with Gasteiger partial charge in [0.1, 0.15) is 6.10 Å². The highest BCUT2D eigenvalue weighted by Crippen LogP contribution is 2.05. The number of carbonyl (C=O) groups is 1. The number of nitrogens with one attached hydrogen (secondary N) is 1. The van der Waals surface area contributed by atoms with Crippen LogP contribution in [0.5, 0.6) is 0 Å². The lowest BCUT2D eigenvalue weighted by atomic mass is 10.2. The van der Waals surface area contributed by atoms with Crippen molar-refractivity contribution in [3.63, 3.8) is 0 Å². The van der Waals surface area contributed by atoms with E-state index in [9.17, 15) is 9.90 Å². The highest BCUT2D eigenvalue weighted by Gasteiger charge is 2.11. The maximum absolute atomic E-state index is 11.5. The van der Waals surface area contributed by atoms with Crippen LogP contribution in [0.1, 0.15) is 99.5 Å². The number of hydrogen-bond acceptors (Lipinski definition) is 3. The first-order valence-electron chi connectivity index (χ1n) is 12.3. The Morgan fingerprint density at radius 3 is 1.90 bits per heavy atom. The van der Waals surface area contributed by atoms with Crippen molar-refractivity contribution in [3.05, 3.63) is 35.9 Å². The van der Waals surface area contributed by atoms with Gasteiger partial charge in [0.05, 0.1) is 0 Å². The Balaban J connectivity index is -0.000000692. The van der Waals surface area contributed by atoms with Gasteiger partial charge in [0, 0.05) is 19.6 Å². The average molecular weight is 425 g/mol. The molecule has 1 atom stereocenters. The molecule has 1 aromatic carbocycles. The third kappa shape index (κ3) is 21.3. The van der Waals surface area contributed by atoms with Crippen LogP contribution in [0.2, 0.25) is 0 Å². The van der Waals surface area contributed by atoms with Gasteiger partial charge < -0.3 is 10.4 Å². The van der Waals surface area contributed by atoms with Crippen LogP contribution in [0.4, 0.5) is 0 Å². The lowest BCUT2D eigenvalue weighted by molar-refractivity contribution is -0.129. The minimum atomic E-state index is -0.874. The largest absolute Gasteiger partial charge is 0.383 e. The summed E-state index contributed by atoms with van der Waals surface area (Å²) in [6, 6.07) is 10.4. The number of unbranched alkanes of at least 4 members (excludes halogenated alkanes) is 2. The molecule has 4 nitrogen and oxygen atoms in total. The second-order valence-electron chi connectivity index (χ2n) is 6.68. The van der Waals surface area contributed by atoms with Crippen molar-refractivity contribution in [1.82, 2.24) is 10.2 Å². The van der Waals surface area contributed by atoms with Crippen LogP contribution >= 0.6 is 0 Å². The zero-order chi connectivity index (χ0) is 23.6. The Kier molecular flexibility index (Phi) is 30.6. The molecule has 0 aliphatic heterocycles. The first-order chi connectivity index (χ1) is 14.6. The summed E-state index contributed by atoms with van der Waals surface area (Å²) in [6.07, 6.45) is 5.68. The fraction of sp³-hybridized carbons (Fsp3) is 0.731. The average Bonchev–Trinajstić information content (AvgIpc) is 2.80. The highest BCUT2D eigenvalue weighted by atomic mass is 16.3. The second-order valence-corrected chi connectivity index (χ2v) is 6.68. The van der Waals surface area contributed by atoms with E-state index < -0.39 is 6.10 Å². The third-order valence-electron chi connectivity index (χ3n) is 4.14. The summed E-state index contributed by atoms with van der Waals surface area (Å²) in [5.74, 6) is -0.261. The quantitative estimate of drug-likeness (QED) is 0.380. The van der Waals surface area contributed by atoms with Crippen molar-refractivity contribution in [2.75, 3.05) is 19.6 Å². The topological polar surface area (TPSA) is 52.6 Å². The van der Waals surface area contributed by atoms with Crippen LogP contribution in [-0.4, -0.2) is 41.7 Å². The van der Waals surface area contributed by atoms with E-state index in [0.717, 1.165) is 32.5 Å². The summed E-state index contributed by atoms with van der Waals surface area (Å²) in [5.41, 5.74) is 1.32. The van der Waals surface area contributed by atoms with Crippen LogP contribution in [0.15, 0.2) is 30.3 Å². The Morgan fingerprint density at radius 2 is 1.47 bits per heavy atom. The monoisotopic (exact) mass is 424 g/mol. The number of carbonyl (C=O) groups excluding carboxylic acids is 1. The lowest BCUT2D eigenvalue weighted by Gasteiger charge is -2.22. The molecule has 0 saturated heterocycles. The minimum absolute atomic E-state index is 0.261. The summed E-state index contributed by atoms with van der Waals surface area (Å²) in [5, 5.41) is 12.2. The Hall–Kier alpha value is -1.39. The lowest BCUT2D eigenvalue weighted by Crippen LogP contribution is -2.36. The smallest absolute Gasteiger partial charge is 0.248 e. The van der Waals surface area contributed by atoms with Gasteiger partial charge in [-0.1, -0.05) is 105 Å². The molecule has 2 N–H and O–H groups in total. The first-order valence-corrected chi connectivity index (χ1v) is 12.3. The van der Waals surface area contributed by atoms with Crippen LogP contribution in [0.25, 0.3) is 0 Å². The summed E-state index contributed by atoms with van der Waals surface area (Å²) in [4.78, 5) is 13.9. The fourth-order valence-electron chi connectivity index (χ4n) is 2.60. The number of nitrogens with zero attached hydrogens (tertiary/aromatic N) is 1. The Morgan fingerprint density at radius 1 is 0.900 bits per heavy atom. The summed E-state index contributed by atoms with van der Waals surface area (Å²) in [6.45, 7) is 20.0. The number of amides is 1. The van der Waals surface area contributed by atoms with Gasteiger partial charge in [-0.2, -0.15) is 0 Å². The number of benzene rings is 1. The van der Waals surface area contributed by atoms with Crippen molar-refractivity contribution in [2.45, 2.75) is 107 Å². The molecule has 0 fully saturated rings. The molecule has 1 aromatic rings. The highest BCUT2D eigenvalue weighted by molar-refractivity contribution is 5.80. The molecular weight excluding hydrogens is 372 g/mol. The maximum Gasteiger partial charge on any atom is 0.248 e. The van der Waals surface area contributed by atoms with Gasteiger partial charge in [-0.15, -0.1) is 0 Å². The normalized spacial score (nSPS) is 10.5. The first kappa shape index (κ1) is 33.3. The standard InChI is InChI=1S/C17H28N2O2.C5H12.2C2H6/c1-3-12-19(14-15-9-6-5-7-10-15)13-8-11-18-17(21)16(20)4-2;1-3-5-4-2;2*1-2/h5-7,9-10,16,20H,3-4,8,11-14H2,1-2H3,(H,18,21);3-5H2,1-2H3;2*1-2H3. The SMILES string of the molecule is CC.CC.CCCCC.CCCN(CCCNC(=O)C(O)CC)Cc1ccccc1. The van der Waals surface area contributed by atoms with Gasteiger partial charge in [0.25, 0.3) is 0 Å². The van der Waals surface area contributed by atoms with E-state index in [2.05, 4.69) is 55.3 Å². The van der Waals surface area contributed by atoms with E-state index in [-0.39, 0.29) is 5.91 Å². The minimum Gasteiger partial charge on any atom is -0.383 e. The van der Waals surface area contributed by atoms with Crippen LogP contribution in [-0.2, 0) is 11.3 Å². The van der Waals surface area contributed by atoms with E-state index in [1.165, 1.54) is 24.8 Å². The van der Waals surface area contributed by atoms with Gasteiger partial charge in [-0.25, -0.2) is 0 Å². The van der Waals surface area contributed by atoms with Gasteiger partial charge in [0.15, 0.2) is 0 Å². The summed E-state index contributed by atoms with van der Waals surface area (Å²) in [7, 11) is 0. The molecule has 0 saturated carbocycles. The molecule has 0 radical (unpaired) electrons. The van der Waals surface area contributed by atoms with Crippen LogP contribution < -0.4 is 5.32 Å². The van der Waals surface area contributed by atoms with Gasteiger partial charge in [-0.05, 0) is 31.4 Å². The van der Waals surface area contributed by atoms with Gasteiger partial charge in [-0.3, -0.25) is 9.69 Å². The molecule has 30 heavy (non-hydrogen) atoms. The van der Waals surface area contributed by atoms with Gasteiger partial charge >= 0.3 is 0 Å². The second kappa shape index (κ2) is 27.6. The van der Waals surface area contributed by atoms with Crippen LogP contribution in [0, 0.1) is 0 Å². The van der Waals surface area contributed by atoms with E-state index in [1.54, 1.807) is 6.92 Å². The molecule has 0 aliphatic rings. The van der Waals surface area contributed by atoms with Crippen molar-refractivity contribution in [2.24, 2.45) is 0 Å². The molecule has 1 unspecified atom stereocenters. The number of aliphatic hydroxyl groups excluding tert-OH is 1. The molecule has 0 aromatic heterocycles. The van der Waals surface area contributed by atoms with Crippen LogP contribution in [0.3, 0.4) is 0 Å². The summed E-state index contributed by atoms with van der Waals surface area (Å²) >= 11 is 0. The molecule has 4 heteroatoms. The molecule has 178 valence electrons. The fourth-order valence-corrected chi connectivity index (χ4v) is 2.60. The van der Waals surface area contributed by atoms with Crippen molar-refractivity contribution >= 4 is 5.91 Å². The number of rotatable bonds is 12. The molecule has 0 bridgehead atoms. The Bertz CT molecular complexity index is 436. The van der Waals surface area contributed by atoms with Gasteiger partial charge in [0.2, 0.25) is 5.91 Å². The van der Waals surface area contributed by atoms with Crippen molar-refractivity contribution in [3.8, 4) is 0 Å². The molecular formula is C26H52N2O2. The van der Waals surface area contributed by atoms with Crippen molar-refractivity contribution < 1.29 is 9.90 Å². The predicted octanol–water partition coefficient (Wildman–Crippen LogP) is 6.42. The molecule has 1 rings (SSSR count). The van der Waals surface area contributed by atoms with E-state index >= 15 is 0 Å². The third-order valence-corrected chi connectivity index (χ3v) is 4.14. The molecule has 1 amide bonds. The zero-order valence-corrected chi connectivity index (χ0v) is 21.3. The van der Waals surface area contributed by atoms with E-state index in [0.29, 0.717) is 13.0 Å². The maximum atomic E-state index is 11.5.